The molecule has 2 rings (SSSR count). The van der Waals surface area contributed by atoms with Gasteiger partial charge < -0.3 is 4.98 Å². The van der Waals surface area contributed by atoms with Gasteiger partial charge in [0.15, 0.2) is 0 Å². The highest BCUT2D eigenvalue weighted by atomic mass is 19.4. The molecule has 5 heteroatoms. The maximum absolute atomic E-state index is 12.3. The Labute approximate surface area is 94.7 Å². The first kappa shape index (κ1) is 11.4. The van der Waals surface area contributed by atoms with E-state index in [1.165, 1.54) is 24.4 Å². The summed E-state index contributed by atoms with van der Waals surface area (Å²) < 4.78 is 37.0. The molecular weight excluding hydrogens is 231 g/mol. The summed E-state index contributed by atoms with van der Waals surface area (Å²) in [5.41, 5.74) is 0.167. The average Bonchev–Trinajstić information content (AvgIpc) is 2.28. The fourth-order valence-electron chi connectivity index (χ4n) is 1.48. The van der Waals surface area contributed by atoms with Gasteiger partial charge in [0.2, 0.25) is 5.56 Å². The van der Waals surface area contributed by atoms with Gasteiger partial charge in [0.05, 0.1) is 5.56 Å². The lowest BCUT2D eigenvalue weighted by molar-refractivity contribution is -0.137. The zero-order valence-corrected chi connectivity index (χ0v) is 8.58. The molecule has 0 saturated carbocycles. The van der Waals surface area contributed by atoms with Crippen molar-refractivity contribution >= 4 is 0 Å². The van der Waals surface area contributed by atoms with Crippen molar-refractivity contribution in [2.45, 2.75) is 6.18 Å². The van der Waals surface area contributed by atoms with E-state index in [1.807, 2.05) is 0 Å². The molecule has 1 heterocycles. The van der Waals surface area contributed by atoms with Crippen molar-refractivity contribution in [2.24, 2.45) is 0 Å². The van der Waals surface area contributed by atoms with E-state index in [2.05, 4.69) is 4.98 Å². The third kappa shape index (κ3) is 2.55. The van der Waals surface area contributed by atoms with E-state index < -0.39 is 11.7 Å². The molecule has 17 heavy (non-hydrogen) atoms. The van der Waals surface area contributed by atoms with Crippen molar-refractivity contribution in [2.75, 3.05) is 0 Å². The molecule has 1 aromatic carbocycles. The van der Waals surface area contributed by atoms with Gasteiger partial charge in [-0.3, -0.25) is 4.79 Å². The quantitative estimate of drug-likeness (QED) is 0.815. The minimum atomic E-state index is -4.34. The monoisotopic (exact) mass is 239 g/mol. The summed E-state index contributed by atoms with van der Waals surface area (Å²) in [7, 11) is 0. The number of nitrogens with one attached hydrogen (secondary N) is 1. The van der Waals surface area contributed by atoms with Crippen LogP contribution in [-0.4, -0.2) is 4.98 Å². The van der Waals surface area contributed by atoms with E-state index in [0.29, 0.717) is 11.1 Å². The Balaban J connectivity index is 2.39. The van der Waals surface area contributed by atoms with E-state index in [0.717, 1.165) is 12.1 Å². The second kappa shape index (κ2) is 4.08. The van der Waals surface area contributed by atoms with E-state index >= 15 is 0 Å². The molecule has 88 valence electrons. The Kier molecular flexibility index (Phi) is 2.75. The molecule has 1 aromatic heterocycles. The van der Waals surface area contributed by atoms with Gasteiger partial charge in [-0.05, 0) is 29.3 Å². The van der Waals surface area contributed by atoms with Crippen LogP contribution in [0.15, 0.2) is 47.4 Å². The normalized spacial score (nSPS) is 11.5. The third-order valence-electron chi connectivity index (χ3n) is 2.32. The predicted molar refractivity (Wildman–Crippen MR) is 57.5 cm³/mol. The summed E-state index contributed by atoms with van der Waals surface area (Å²) in [6, 6.07) is 7.65. The van der Waals surface area contributed by atoms with Crippen LogP contribution in [0.1, 0.15) is 5.56 Å². The molecular formula is C12H8F3NO. The SMILES string of the molecule is O=c1cc(-c2ccc(C(F)(F)F)cc2)cc[nH]1. The summed E-state index contributed by atoms with van der Waals surface area (Å²) in [5.74, 6) is 0. The Hall–Kier alpha value is -2.04. The first-order chi connectivity index (χ1) is 7.97. The molecule has 0 fully saturated rings. The number of alkyl halides is 3. The fraction of sp³-hybridized carbons (Fsp3) is 0.0833. The maximum Gasteiger partial charge on any atom is 0.416 e. The smallest absolute Gasteiger partial charge is 0.329 e. The Bertz CT molecular complexity index is 569. The molecule has 0 saturated heterocycles. The third-order valence-corrected chi connectivity index (χ3v) is 2.32. The number of halogens is 3. The van der Waals surface area contributed by atoms with Crippen LogP contribution >= 0.6 is 0 Å². The van der Waals surface area contributed by atoms with Crippen LogP contribution in [0.25, 0.3) is 11.1 Å². The topological polar surface area (TPSA) is 32.9 Å². The van der Waals surface area contributed by atoms with Crippen molar-refractivity contribution < 1.29 is 13.2 Å². The molecule has 2 nitrogen and oxygen atoms in total. The van der Waals surface area contributed by atoms with Gasteiger partial charge in [0, 0.05) is 12.3 Å². The number of aromatic nitrogens is 1. The number of H-pyrrole nitrogens is 1. The van der Waals surface area contributed by atoms with Crippen LogP contribution in [-0.2, 0) is 6.18 Å². The van der Waals surface area contributed by atoms with Crippen LogP contribution in [0.3, 0.4) is 0 Å². The van der Waals surface area contributed by atoms with Crippen LogP contribution in [0.4, 0.5) is 13.2 Å². The van der Waals surface area contributed by atoms with Crippen molar-refractivity contribution in [1.29, 1.82) is 0 Å². The molecule has 1 N–H and O–H groups in total. The summed E-state index contributed by atoms with van der Waals surface area (Å²) in [4.78, 5) is 13.5. The molecule has 0 aliphatic rings. The largest absolute Gasteiger partial charge is 0.416 e. The highest BCUT2D eigenvalue weighted by Gasteiger charge is 2.29. The summed E-state index contributed by atoms with van der Waals surface area (Å²) >= 11 is 0. The van der Waals surface area contributed by atoms with Crippen molar-refractivity contribution in [1.82, 2.24) is 4.98 Å². The second-order valence-corrected chi connectivity index (χ2v) is 3.52. The maximum atomic E-state index is 12.3. The summed E-state index contributed by atoms with van der Waals surface area (Å²) in [5, 5.41) is 0. The number of hydrogen-bond acceptors (Lipinski definition) is 1. The lowest BCUT2D eigenvalue weighted by Crippen LogP contribution is -2.04. The molecule has 0 unspecified atom stereocenters. The van der Waals surface area contributed by atoms with Crippen LogP contribution < -0.4 is 5.56 Å². The van der Waals surface area contributed by atoms with Gasteiger partial charge in [0.1, 0.15) is 0 Å². The van der Waals surface area contributed by atoms with Crippen LogP contribution in [0, 0.1) is 0 Å². The standard InChI is InChI=1S/C12H8F3NO/c13-12(14,15)10-3-1-8(2-4-10)9-5-6-16-11(17)7-9/h1-7H,(H,16,17). The Morgan fingerprint density at radius 2 is 1.59 bits per heavy atom. The fourth-order valence-corrected chi connectivity index (χ4v) is 1.48. The van der Waals surface area contributed by atoms with E-state index in [1.54, 1.807) is 6.07 Å². The summed E-state index contributed by atoms with van der Waals surface area (Å²) in [6.07, 6.45) is -2.89. The second-order valence-electron chi connectivity index (χ2n) is 3.52. The van der Waals surface area contributed by atoms with Crippen molar-refractivity contribution in [3.8, 4) is 11.1 Å². The number of aromatic amines is 1. The Morgan fingerprint density at radius 3 is 2.12 bits per heavy atom. The molecule has 0 atom stereocenters. The zero-order chi connectivity index (χ0) is 12.5. The van der Waals surface area contributed by atoms with E-state index in [9.17, 15) is 18.0 Å². The number of pyridine rings is 1. The minimum absolute atomic E-state index is 0.289. The van der Waals surface area contributed by atoms with Crippen LogP contribution in [0.2, 0.25) is 0 Å². The van der Waals surface area contributed by atoms with Gasteiger partial charge in [0.25, 0.3) is 0 Å². The number of hydrogen-bond donors (Lipinski definition) is 1. The molecule has 0 aliphatic heterocycles. The molecule has 0 radical (unpaired) electrons. The average molecular weight is 239 g/mol. The molecule has 0 spiro atoms. The Morgan fingerprint density at radius 1 is 0.941 bits per heavy atom. The summed E-state index contributed by atoms with van der Waals surface area (Å²) in [6.45, 7) is 0. The molecule has 0 bridgehead atoms. The lowest BCUT2D eigenvalue weighted by atomic mass is 10.1. The van der Waals surface area contributed by atoms with Gasteiger partial charge in [-0.15, -0.1) is 0 Å². The molecule has 0 aliphatic carbocycles. The van der Waals surface area contributed by atoms with E-state index in [-0.39, 0.29) is 5.56 Å². The first-order valence-electron chi connectivity index (χ1n) is 4.83. The van der Waals surface area contributed by atoms with Gasteiger partial charge in [-0.2, -0.15) is 13.2 Å². The minimum Gasteiger partial charge on any atom is -0.329 e. The van der Waals surface area contributed by atoms with Gasteiger partial charge in [-0.25, -0.2) is 0 Å². The predicted octanol–water partition coefficient (Wildman–Crippen LogP) is 3.06. The highest BCUT2D eigenvalue weighted by molar-refractivity contribution is 5.62. The van der Waals surface area contributed by atoms with Crippen molar-refractivity contribution in [3.63, 3.8) is 0 Å². The number of rotatable bonds is 1. The highest BCUT2D eigenvalue weighted by Crippen LogP contribution is 2.30. The van der Waals surface area contributed by atoms with E-state index in [4.69, 9.17) is 0 Å². The lowest BCUT2D eigenvalue weighted by Gasteiger charge is -2.07. The van der Waals surface area contributed by atoms with Gasteiger partial charge >= 0.3 is 6.18 Å². The zero-order valence-electron chi connectivity index (χ0n) is 8.58. The first-order valence-corrected chi connectivity index (χ1v) is 4.83. The van der Waals surface area contributed by atoms with Crippen LogP contribution in [0.5, 0.6) is 0 Å². The molecule has 0 amide bonds. The number of benzene rings is 1. The molecule has 2 aromatic rings. The van der Waals surface area contributed by atoms with Gasteiger partial charge in [-0.1, -0.05) is 12.1 Å². The van der Waals surface area contributed by atoms with Crippen molar-refractivity contribution in [3.05, 3.63) is 58.5 Å².